The van der Waals surface area contributed by atoms with Crippen molar-refractivity contribution in [3.63, 3.8) is 0 Å². The molecule has 0 heterocycles. The van der Waals surface area contributed by atoms with Gasteiger partial charge in [-0.15, -0.1) is 0 Å². The van der Waals surface area contributed by atoms with Crippen LogP contribution in [-0.2, 0) is 14.6 Å². The fourth-order valence-corrected chi connectivity index (χ4v) is 2.48. The Kier molecular flexibility index (Phi) is 3.71. The Morgan fingerprint density at radius 3 is 2.67 bits per heavy atom. The van der Waals surface area contributed by atoms with Crippen LogP contribution in [0.25, 0.3) is 0 Å². The molecular formula is C10H15NO3S. The van der Waals surface area contributed by atoms with Gasteiger partial charge in [0.05, 0.1) is 10.6 Å². The van der Waals surface area contributed by atoms with E-state index in [1.54, 1.807) is 26.0 Å². The lowest BCUT2D eigenvalue weighted by Gasteiger charge is -2.09. The maximum atomic E-state index is 11.8. The van der Waals surface area contributed by atoms with E-state index in [9.17, 15) is 8.42 Å². The second-order valence-electron chi connectivity index (χ2n) is 3.21. The quantitative estimate of drug-likeness (QED) is 0.791. The zero-order valence-corrected chi connectivity index (χ0v) is 9.67. The van der Waals surface area contributed by atoms with Gasteiger partial charge in [-0.05, 0) is 25.5 Å². The molecule has 1 aromatic carbocycles. The fourth-order valence-electron chi connectivity index (χ4n) is 1.18. The van der Waals surface area contributed by atoms with Crippen LogP contribution in [0.4, 0.5) is 5.69 Å². The number of nitrogen functional groups attached to an aromatic ring is 1. The molecule has 1 aromatic rings. The number of rotatable bonds is 4. The molecule has 5 heteroatoms. The number of hydrogen-bond acceptors (Lipinski definition) is 4. The van der Waals surface area contributed by atoms with Gasteiger partial charge in [0, 0.05) is 6.61 Å². The number of nitrogens with two attached hydrogens (primary N) is 1. The second-order valence-corrected chi connectivity index (χ2v) is 5.12. The molecule has 2 N–H and O–H groups in total. The van der Waals surface area contributed by atoms with Gasteiger partial charge in [0.2, 0.25) is 9.84 Å². The van der Waals surface area contributed by atoms with Gasteiger partial charge in [-0.3, -0.25) is 0 Å². The average molecular weight is 229 g/mol. The van der Waals surface area contributed by atoms with E-state index in [1.165, 1.54) is 6.07 Å². The van der Waals surface area contributed by atoms with Gasteiger partial charge in [0.15, 0.2) is 5.94 Å². The highest BCUT2D eigenvalue weighted by atomic mass is 32.2. The van der Waals surface area contributed by atoms with Crippen molar-refractivity contribution >= 4 is 15.5 Å². The zero-order valence-electron chi connectivity index (χ0n) is 8.86. The molecule has 0 saturated carbocycles. The van der Waals surface area contributed by atoms with E-state index in [1.807, 2.05) is 0 Å². The normalized spacial score (nSPS) is 11.6. The Morgan fingerprint density at radius 2 is 2.07 bits per heavy atom. The van der Waals surface area contributed by atoms with Crippen molar-refractivity contribution < 1.29 is 13.2 Å². The van der Waals surface area contributed by atoms with Crippen LogP contribution in [0.5, 0.6) is 0 Å². The minimum Gasteiger partial charge on any atom is -0.397 e. The molecule has 0 amide bonds. The molecule has 0 saturated heterocycles. The molecule has 0 atom stereocenters. The summed E-state index contributed by atoms with van der Waals surface area (Å²) in [4.78, 5) is 0.149. The van der Waals surface area contributed by atoms with E-state index in [0.29, 0.717) is 12.3 Å². The van der Waals surface area contributed by atoms with Crippen molar-refractivity contribution in [2.45, 2.75) is 18.7 Å². The second kappa shape index (κ2) is 4.63. The van der Waals surface area contributed by atoms with Crippen molar-refractivity contribution in [1.29, 1.82) is 0 Å². The maximum absolute atomic E-state index is 11.8. The number of anilines is 1. The smallest absolute Gasteiger partial charge is 0.204 e. The molecule has 84 valence electrons. The molecule has 0 fully saturated rings. The van der Waals surface area contributed by atoms with Crippen LogP contribution in [0.15, 0.2) is 23.1 Å². The van der Waals surface area contributed by atoms with Crippen molar-refractivity contribution in [3.8, 4) is 0 Å². The Labute approximate surface area is 90.0 Å². The first-order valence-electron chi connectivity index (χ1n) is 4.64. The molecule has 15 heavy (non-hydrogen) atoms. The lowest BCUT2D eigenvalue weighted by molar-refractivity contribution is 0.192. The summed E-state index contributed by atoms with van der Waals surface area (Å²) >= 11 is 0. The highest BCUT2D eigenvalue weighted by molar-refractivity contribution is 7.91. The highest BCUT2D eigenvalue weighted by Gasteiger charge is 2.18. The summed E-state index contributed by atoms with van der Waals surface area (Å²) in [5.74, 6) is -0.322. The van der Waals surface area contributed by atoms with E-state index in [2.05, 4.69) is 0 Å². The van der Waals surface area contributed by atoms with E-state index in [4.69, 9.17) is 10.5 Å². The predicted molar refractivity (Wildman–Crippen MR) is 59.3 cm³/mol. The summed E-state index contributed by atoms with van der Waals surface area (Å²) in [6, 6.07) is 4.94. The molecular weight excluding hydrogens is 214 g/mol. The summed E-state index contributed by atoms with van der Waals surface area (Å²) in [5.41, 5.74) is 6.77. The molecule has 0 aromatic heterocycles. The Bertz CT molecular complexity index is 440. The van der Waals surface area contributed by atoms with Crippen LogP contribution in [-0.4, -0.2) is 21.0 Å². The lowest BCUT2D eigenvalue weighted by atomic mass is 10.2. The summed E-state index contributed by atoms with van der Waals surface area (Å²) in [7, 11) is -3.42. The topological polar surface area (TPSA) is 69.4 Å². The van der Waals surface area contributed by atoms with Crippen LogP contribution in [0.3, 0.4) is 0 Å². The third-order valence-corrected chi connectivity index (χ3v) is 3.56. The van der Waals surface area contributed by atoms with Gasteiger partial charge in [-0.1, -0.05) is 12.1 Å². The summed E-state index contributed by atoms with van der Waals surface area (Å²) < 4.78 is 28.4. The summed E-state index contributed by atoms with van der Waals surface area (Å²) in [6.45, 7) is 3.88. The van der Waals surface area contributed by atoms with Gasteiger partial charge in [0.1, 0.15) is 0 Å². The molecule has 1 rings (SSSR count). The van der Waals surface area contributed by atoms with Crippen molar-refractivity contribution in [2.75, 3.05) is 18.3 Å². The molecule has 0 aliphatic rings. The molecule has 0 bridgehead atoms. The van der Waals surface area contributed by atoms with Crippen molar-refractivity contribution in [3.05, 3.63) is 23.8 Å². The number of sulfone groups is 1. The third-order valence-electron chi connectivity index (χ3n) is 2.06. The largest absolute Gasteiger partial charge is 0.397 e. The summed E-state index contributed by atoms with van der Waals surface area (Å²) in [5, 5.41) is 0. The average Bonchev–Trinajstić information content (AvgIpc) is 2.19. The van der Waals surface area contributed by atoms with Gasteiger partial charge >= 0.3 is 0 Å². The minimum atomic E-state index is -3.42. The van der Waals surface area contributed by atoms with Crippen LogP contribution in [0, 0.1) is 6.92 Å². The molecule has 0 aliphatic carbocycles. The highest BCUT2D eigenvalue weighted by Crippen LogP contribution is 2.22. The van der Waals surface area contributed by atoms with E-state index >= 15 is 0 Å². The fraction of sp³-hybridized carbons (Fsp3) is 0.400. The predicted octanol–water partition coefficient (Wildman–Crippen LogP) is 1.34. The maximum Gasteiger partial charge on any atom is 0.204 e. The SMILES string of the molecule is CCOCS(=O)(=O)c1cccc(C)c1N. The lowest BCUT2D eigenvalue weighted by Crippen LogP contribution is -2.12. The van der Waals surface area contributed by atoms with Crippen LogP contribution in [0.2, 0.25) is 0 Å². The Balaban J connectivity index is 3.10. The first kappa shape index (κ1) is 12.0. The van der Waals surface area contributed by atoms with E-state index in [0.717, 1.165) is 5.56 Å². The summed E-state index contributed by atoms with van der Waals surface area (Å²) in [6.07, 6.45) is 0. The molecule has 0 spiro atoms. The van der Waals surface area contributed by atoms with Gasteiger partial charge in [-0.25, -0.2) is 8.42 Å². The molecule has 4 nitrogen and oxygen atoms in total. The first-order valence-corrected chi connectivity index (χ1v) is 6.30. The number of ether oxygens (including phenoxy) is 1. The minimum absolute atomic E-state index is 0.149. The Hall–Kier alpha value is -1.07. The molecule has 0 radical (unpaired) electrons. The van der Waals surface area contributed by atoms with Crippen LogP contribution < -0.4 is 5.73 Å². The number of benzene rings is 1. The molecule has 0 aliphatic heterocycles. The van der Waals surface area contributed by atoms with Crippen LogP contribution >= 0.6 is 0 Å². The number of hydrogen-bond donors (Lipinski definition) is 1. The standard InChI is InChI=1S/C10H15NO3S/c1-3-14-7-15(12,13)9-6-4-5-8(2)10(9)11/h4-6H,3,7,11H2,1-2H3. The number of para-hydroxylation sites is 1. The third kappa shape index (κ3) is 2.70. The van der Waals surface area contributed by atoms with E-state index in [-0.39, 0.29) is 10.8 Å². The number of aryl methyl sites for hydroxylation is 1. The van der Waals surface area contributed by atoms with Crippen LogP contribution in [0.1, 0.15) is 12.5 Å². The van der Waals surface area contributed by atoms with Crippen molar-refractivity contribution in [1.82, 2.24) is 0 Å². The van der Waals surface area contributed by atoms with E-state index < -0.39 is 9.84 Å². The Morgan fingerprint density at radius 1 is 1.40 bits per heavy atom. The molecule has 0 unspecified atom stereocenters. The first-order chi connectivity index (χ1) is 6.99. The van der Waals surface area contributed by atoms with Crippen molar-refractivity contribution in [2.24, 2.45) is 0 Å². The zero-order chi connectivity index (χ0) is 11.5. The van der Waals surface area contributed by atoms with Gasteiger partial charge in [-0.2, -0.15) is 0 Å². The van der Waals surface area contributed by atoms with Gasteiger partial charge in [0.25, 0.3) is 0 Å². The monoisotopic (exact) mass is 229 g/mol. The van der Waals surface area contributed by atoms with Gasteiger partial charge < -0.3 is 10.5 Å².